The molecule has 156 valence electrons. The molecule has 2 aromatic rings. The van der Waals surface area contributed by atoms with E-state index in [9.17, 15) is 0 Å². The summed E-state index contributed by atoms with van der Waals surface area (Å²) >= 11 is 0. The summed E-state index contributed by atoms with van der Waals surface area (Å²) in [4.78, 5) is 15.7. The van der Waals surface area contributed by atoms with E-state index in [1.807, 2.05) is 13.1 Å². The lowest BCUT2D eigenvalue weighted by atomic mass is 10.1. The molecular formula is C21H30N6O2. The molecule has 1 saturated heterocycles. The molecule has 0 saturated carbocycles. The van der Waals surface area contributed by atoms with Crippen LogP contribution in [0, 0.1) is 0 Å². The Hall–Kier alpha value is -2.74. The predicted molar refractivity (Wildman–Crippen MR) is 115 cm³/mol. The van der Waals surface area contributed by atoms with Crippen LogP contribution in [0.3, 0.4) is 0 Å². The molecule has 2 N–H and O–H groups in total. The second kappa shape index (κ2) is 8.73. The summed E-state index contributed by atoms with van der Waals surface area (Å²) in [5.74, 6) is 3.35. The van der Waals surface area contributed by atoms with Crippen LogP contribution in [-0.2, 0) is 6.54 Å². The number of unbranched alkanes of at least 4 members (excludes halogenated alkanes) is 1. The van der Waals surface area contributed by atoms with Gasteiger partial charge in [0.15, 0.2) is 23.1 Å². The molecule has 0 bridgehead atoms. The van der Waals surface area contributed by atoms with Crippen molar-refractivity contribution in [2.45, 2.75) is 26.3 Å². The van der Waals surface area contributed by atoms with Gasteiger partial charge in [-0.25, -0.2) is 9.97 Å². The zero-order valence-corrected chi connectivity index (χ0v) is 17.3. The molecule has 8 nitrogen and oxygen atoms in total. The van der Waals surface area contributed by atoms with Gasteiger partial charge in [-0.3, -0.25) is 4.90 Å². The topological polar surface area (TPSA) is 80.0 Å². The molecule has 4 rings (SSSR count). The summed E-state index contributed by atoms with van der Waals surface area (Å²) in [6, 6.07) is 6.18. The molecule has 8 heteroatoms. The summed E-state index contributed by atoms with van der Waals surface area (Å²) < 4.78 is 10.9. The van der Waals surface area contributed by atoms with Gasteiger partial charge in [-0.1, -0.05) is 19.4 Å². The Kier molecular flexibility index (Phi) is 5.89. The first kappa shape index (κ1) is 19.6. The Balaban J connectivity index is 1.37. The fraction of sp³-hybridized carbons (Fsp3) is 0.524. The normalized spacial score (nSPS) is 16.3. The third-order valence-corrected chi connectivity index (χ3v) is 5.57. The Bertz CT molecular complexity index is 838. The quantitative estimate of drug-likeness (QED) is 0.761. The summed E-state index contributed by atoms with van der Waals surface area (Å²) in [7, 11) is 2.04. The highest BCUT2D eigenvalue weighted by molar-refractivity contribution is 5.75. The van der Waals surface area contributed by atoms with Gasteiger partial charge in [0.25, 0.3) is 0 Å². The smallest absolute Gasteiger partial charge is 0.231 e. The number of nitrogens with zero attached hydrogens (tertiary/aromatic N) is 5. The molecule has 2 aliphatic rings. The predicted octanol–water partition coefficient (Wildman–Crippen LogP) is 2.35. The van der Waals surface area contributed by atoms with E-state index in [1.165, 1.54) is 5.56 Å². The second-order valence-electron chi connectivity index (χ2n) is 7.66. The van der Waals surface area contributed by atoms with Crippen LogP contribution in [0.25, 0.3) is 0 Å². The highest BCUT2D eigenvalue weighted by Crippen LogP contribution is 2.33. The molecular weight excluding hydrogens is 368 g/mol. The lowest BCUT2D eigenvalue weighted by Crippen LogP contribution is -2.46. The highest BCUT2D eigenvalue weighted by Gasteiger charge is 2.23. The Morgan fingerprint density at radius 2 is 1.90 bits per heavy atom. The Labute approximate surface area is 172 Å². The number of rotatable bonds is 7. The minimum atomic E-state index is 0.313. The molecule has 0 unspecified atom stereocenters. The van der Waals surface area contributed by atoms with Crippen LogP contribution in [-0.4, -0.2) is 61.4 Å². The third-order valence-electron chi connectivity index (χ3n) is 5.57. The van der Waals surface area contributed by atoms with E-state index in [-0.39, 0.29) is 0 Å². The molecule has 0 atom stereocenters. The number of piperazine rings is 1. The van der Waals surface area contributed by atoms with Crippen molar-refractivity contribution < 1.29 is 9.47 Å². The zero-order chi connectivity index (χ0) is 20.2. The van der Waals surface area contributed by atoms with Gasteiger partial charge in [0.05, 0.1) is 0 Å². The second-order valence-corrected chi connectivity index (χ2v) is 7.66. The van der Waals surface area contributed by atoms with E-state index in [0.29, 0.717) is 12.5 Å². The Morgan fingerprint density at radius 3 is 2.69 bits per heavy atom. The van der Waals surface area contributed by atoms with Crippen molar-refractivity contribution in [2.75, 3.05) is 62.1 Å². The Morgan fingerprint density at radius 1 is 1.10 bits per heavy atom. The molecule has 3 heterocycles. The van der Waals surface area contributed by atoms with Crippen molar-refractivity contribution in [3.63, 3.8) is 0 Å². The van der Waals surface area contributed by atoms with Crippen LogP contribution in [0.1, 0.15) is 25.3 Å². The fourth-order valence-electron chi connectivity index (χ4n) is 3.85. The standard InChI is InChI=1S/C21H30N6O2/c1-3-4-7-25(2)20-19(22)21(24-14-23-20)27-10-8-26(9-11-27)13-16-5-6-17-18(12-16)29-15-28-17/h5-6,12,14H,3-4,7-11,13,15,22H2,1-2H3. The average Bonchev–Trinajstić information content (AvgIpc) is 3.21. The first-order valence-corrected chi connectivity index (χ1v) is 10.3. The van der Waals surface area contributed by atoms with Crippen LogP contribution in [0.5, 0.6) is 11.5 Å². The summed E-state index contributed by atoms with van der Waals surface area (Å²) in [6.07, 6.45) is 3.89. The average molecular weight is 399 g/mol. The van der Waals surface area contributed by atoms with E-state index < -0.39 is 0 Å². The number of hydrogen-bond donors (Lipinski definition) is 1. The summed E-state index contributed by atoms with van der Waals surface area (Å²) in [5.41, 5.74) is 8.37. The molecule has 1 fully saturated rings. The summed E-state index contributed by atoms with van der Waals surface area (Å²) in [6.45, 7) is 8.04. The van der Waals surface area contributed by atoms with Gasteiger partial charge in [0.1, 0.15) is 12.0 Å². The van der Waals surface area contributed by atoms with E-state index in [4.69, 9.17) is 15.2 Å². The minimum absolute atomic E-state index is 0.313. The van der Waals surface area contributed by atoms with E-state index in [1.54, 1.807) is 6.33 Å². The van der Waals surface area contributed by atoms with Gasteiger partial charge < -0.3 is 25.0 Å². The number of ether oxygens (including phenoxy) is 2. The number of nitrogens with two attached hydrogens (primary N) is 1. The molecule has 0 radical (unpaired) electrons. The largest absolute Gasteiger partial charge is 0.454 e. The molecule has 0 spiro atoms. The van der Waals surface area contributed by atoms with Crippen molar-refractivity contribution in [1.82, 2.24) is 14.9 Å². The molecule has 29 heavy (non-hydrogen) atoms. The minimum Gasteiger partial charge on any atom is -0.454 e. The SMILES string of the molecule is CCCCN(C)c1ncnc(N2CCN(Cc3ccc4c(c3)OCO4)CC2)c1N. The van der Waals surface area contributed by atoms with Crippen molar-refractivity contribution in [2.24, 2.45) is 0 Å². The van der Waals surface area contributed by atoms with E-state index in [0.717, 1.165) is 75.2 Å². The van der Waals surface area contributed by atoms with Gasteiger partial charge in [-0.15, -0.1) is 0 Å². The van der Waals surface area contributed by atoms with Crippen LogP contribution < -0.4 is 25.0 Å². The fourth-order valence-corrected chi connectivity index (χ4v) is 3.85. The van der Waals surface area contributed by atoms with Gasteiger partial charge in [0.2, 0.25) is 6.79 Å². The van der Waals surface area contributed by atoms with Crippen LogP contribution in [0.15, 0.2) is 24.5 Å². The number of anilines is 3. The first-order valence-electron chi connectivity index (χ1n) is 10.3. The monoisotopic (exact) mass is 398 g/mol. The number of hydrogen-bond acceptors (Lipinski definition) is 8. The van der Waals surface area contributed by atoms with Crippen molar-refractivity contribution in [3.05, 3.63) is 30.1 Å². The third kappa shape index (κ3) is 4.32. The lowest BCUT2D eigenvalue weighted by molar-refractivity contribution is 0.174. The number of nitrogen functional groups attached to an aromatic ring is 1. The van der Waals surface area contributed by atoms with E-state index in [2.05, 4.69) is 43.7 Å². The molecule has 1 aromatic carbocycles. The van der Waals surface area contributed by atoms with Gasteiger partial charge in [-0.2, -0.15) is 0 Å². The maximum Gasteiger partial charge on any atom is 0.231 e. The van der Waals surface area contributed by atoms with Crippen LogP contribution in [0.2, 0.25) is 0 Å². The summed E-state index contributed by atoms with van der Waals surface area (Å²) in [5, 5.41) is 0. The van der Waals surface area contributed by atoms with Gasteiger partial charge in [0, 0.05) is 46.3 Å². The zero-order valence-electron chi connectivity index (χ0n) is 17.3. The van der Waals surface area contributed by atoms with Gasteiger partial charge >= 0.3 is 0 Å². The van der Waals surface area contributed by atoms with Crippen molar-refractivity contribution in [1.29, 1.82) is 0 Å². The number of fused-ring (bicyclic) bond motifs is 1. The molecule has 2 aliphatic heterocycles. The highest BCUT2D eigenvalue weighted by atomic mass is 16.7. The molecule has 0 amide bonds. The van der Waals surface area contributed by atoms with Gasteiger partial charge in [-0.05, 0) is 24.1 Å². The number of benzene rings is 1. The lowest BCUT2D eigenvalue weighted by Gasteiger charge is -2.36. The van der Waals surface area contributed by atoms with Crippen LogP contribution >= 0.6 is 0 Å². The maximum atomic E-state index is 6.45. The number of aromatic nitrogens is 2. The molecule has 0 aliphatic carbocycles. The van der Waals surface area contributed by atoms with Crippen molar-refractivity contribution in [3.8, 4) is 11.5 Å². The van der Waals surface area contributed by atoms with Crippen LogP contribution in [0.4, 0.5) is 17.3 Å². The van der Waals surface area contributed by atoms with Crippen molar-refractivity contribution >= 4 is 17.3 Å². The first-order chi connectivity index (χ1) is 14.2. The molecule has 1 aromatic heterocycles. The maximum absolute atomic E-state index is 6.45. The van der Waals surface area contributed by atoms with E-state index >= 15 is 0 Å².